The van der Waals surface area contributed by atoms with E-state index in [1.165, 1.54) is 24.8 Å². The molecule has 2 rings (SSSR count). The highest BCUT2D eigenvalue weighted by molar-refractivity contribution is 5.74. The molecule has 1 unspecified atom stereocenters. The number of ether oxygens (including phenoxy) is 1. The zero-order valence-electron chi connectivity index (χ0n) is 14.2. The van der Waals surface area contributed by atoms with Gasteiger partial charge in [-0.15, -0.1) is 0 Å². The molecule has 1 aromatic rings. The minimum Gasteiger partial charge on any atom is -0.465 e. The van der Waals surface area contributed by atoms with Crippen LogP contribution in [0.3, 0.4) is 0 Å². The van der Waals surface area contributed by atoms with Gasteiger partial charge in [0, 0.05) is 0 Å². The minimum atomic E-state index is -0.598. The topological polar surface area (TPSA) is 46.5 Å². The fourth-order valence-corrected chi connectivity index (χ4v) is 3.55. The maximum atomic E-state index is 12.2. The summed E-state index contributed by atoms with van der Waals surface area (Å²) >= 11 is 0. The maximum Gasteiger partial charge on any atom is 0.311 e. The van der Waals surface area contributed by atoms with Crippen LogP contribution in [0.2, 0.25) is 0 Å². The van der Waals surface area contributed by atoms with Crippen LogP contribution in [0.1, 0.15) is 57.4 Å². The van der Waals surface area contributed by atoms with Gasteiger partial charge in [0.05, 0.1) is 18.6 Å². The monoisotopic (exact) mass is 318 g/mol. The Hall–Kier alpha value is -1.35. The molecule has 0 saturated carbocycles. The number of unbranched alkanes of at least 4 members (excludes halogenated alkanes) is 3. The number of carbonyl (C=O) groups excluding carboxylic acids is 1. The van der Waals surface area contributed by atoms with Crippen molar-refractivity contribution < 1.29 is 14.6 Å². The maximum absolute atomic E-state index is 12.2. The lowest BCUT2D eigenvalue weighted by Crippen LogP contribution is -2.40. The van der Waals surface area contributed by atoms with Crippen molar-refractivity contribution >= 4 is 5.97 Å². The third-order valence-corrected chi connectivity index (χ3v) is 4.93. The van der Waals surface area contributed by atoms with Gasteiger partial charge in [0.15, 0.2) is 0 Å². The zero-order valence-corrected chi connectivity index (χ0v) is 14.2. The highest BCUT2D eigenvalue weighted by atomic mass is 16.5. The van der Waals surface area contributed by atoms with E-state index in [0.717, 1.165) is 25.7 Å². The summed E-state index contributed by atoms with van der Waals surface area (Å²) in [6.45, 7) is 2.72. The first-order valence-electron chi connectivity index (χ1n) is 9.11. The predicted octanol–water partition coefficient (Wildman–Crippen LogP) is 4.13. The van der Waals surface area contributed by atoms with E-state index in [1.54, 1.807) is 0 Å². The molecule has 0 spiro atoms. The van der Waals surface area contributed by atoms with Crippen LogP contribution in [-0.2, 0) is 16.0 Å². The fourth-order valence-electron chi connectivity index (χ4n) is 3.55. The second-order valence-corrected chi connectivity index (χ2v) is 6.68. The van der Waals surface area contributed by atoms with Gasteiger partial charge in [0.1, 0.15) is 0 Å². The van der Waals surface area contributed by atoms with Gasteiger partial charge < -0.3 is 9.84 Å². The molecule has 1 N–H and O–H groups in total. The van der Waals surface area contributed by atoms with E-state index in [0.29, 0.717) is 13.0 Å². The molecular weight excluding hydrogens is 288 g/mol. The Kier molecular flexibility index (Phi) is 7.60. The van der Waals surface area contributed by atoms with Crippen molar-refractivity contribution in [1.29, 1.82) is 0 Å². The largest absolute Gasteiger partial charge is 0.465 e. The predicted molar refractivity (Wildman–Crippen MR) is 92.1 cm³/mol. The van der Waals surface area contributed by atoms with E-state index < -0.39 is 6.10 Å². The standard InChI is InChI=1S/C20H30O3/c1-2-3-4-8-11-17-14-15-23-20(22)19(17)18(21)13-12-16-9-6-5-7-10-16/h5-7,9-10,17-19,21H,2-4,8,11-15H2,1H3/t17-,18?,19-/m0/s1. The van der Waals surface area contributed by atoms with Crippen molar-refractivity contribution in [3.8, 4) is 0 Å². The first-order valence-corrected chi connectivity index (χ1v) is 9.11. The van der Waals surface area contributed by atoms with Crippen molar-refractivity contribution in [2.75, 3.05) is 6.61 Å². The lowest BCUT2D eigenvalue weighted by Gasteiger charge is -2.33. The zero-order chi connectivity index (χ0) is 16.5. The first kappa shape index (κ1) is 18.0. The minimum absolute atomic E-state index is 0.197. The Labute approximate surface area is 140 Å². The average molecular weight is 318 g/mol. The van der Waals surface area contributed by atoms with E-state index in [-0.39, 0.29) is 17.8 Å². The Bertz CT molecular complexity index is 457. The van der Waals surface area contributed by atoms with E-state index in [2.05, 4.69) is 19.1 Å². The molecule has 1 fully saturated rings. The van der Waals surface area contributed by atoms with E-state index in [1.807, 2.05) is 18.2 Å². The first-order chi connectivity index (χ1) is 11.2. The number of cyclic esters (lactones) is 1. The molecule has 3 atom stereocenters. The lowest BCUT2D eigenvalue weighted by molar-refractivity contribution is -0.163. The summed E-state index contributed by atoms with van der Waals surface area (Å²) in [7, 11) is 0. The number of carbonyl (C=O) groups is 1. The Balaban J connectivity index is 1.87. The number of benzene rings is 1. The van der Waals surface area contributed by atoms with Gasteiger partial charge in [-0.1, -0.05) is 62.9 Å². The molecular formula is C20H30O3. The number of aliphatic hydroxyl groups excluding tert-OH is 1. The number of rotatable bonds is 9. The van der Waals surface area contributed by atoms with Crippen LogP contribution >= 0.6 is 0 Å². The van der Waals surface area contributed by atoms with Crippen LogP contribution in [0.4, 0.5) is 0 Å². The molecule has 0 radical (unpaired) electrons. The Morgan fingerprint density at radius 3 is 2.74 bits per heavy atom. The summed E-state index contributed by atoms with van der Waals surface area (Å²) in [6, 6.07) is 10.1. The number of hydrogen-bond acceptors (Lipinski definition) is 3. The average Bonchev–Trinajstić information content (AvgIpc) is 2.57. The van der Waals surface area contributed by atoms with Crippen LogP contribution in [0.15, 0.2) is 30.3 Å². The molecule has 23 heavy (non-hydrogen) atoms. The second-order valence-electron chi connectivity index (χ2n) is 6.68. The van der Waals surface area contributed by atoms with Gasteiger partial charge in [-0.05, 0) is 37.2 Å². The van der Waals surface area contributed by atoms with Gasteiger partial charge >= 0.3 is 5.97 Å². The summed E-state index contributed by atoms with van der Waals surface area (Å²) in [5, 5.41) is 10.6. The summed E-state index contributed by atoms with van der Waals surface area (Å²) in [5.41, 5.74) is 1.20. The van der Waals surface area contributed by atoms with Crippen molar-refractivity contribution in [1.82, 2.24) is 0 Å². The van der Waals surface area contributed by atoms with Gasteiger partial charge in [-0.2, -0.15) is 0 Å². The highest BCUT2D eigenvalue weighted by Crippen LogP contribution is 2.32. The quantitative estimate of drug-likeness (QED) is 0.550. The molecule has 1 aromatic carbocycles. The normalized spacial score (nSPS) is 22.6. The molecule has 128 valence electrons. The molecule has 1 saturated heterocycles. The highest BCUT2D eigenvalue weighted by Gasteiger charge is 2.38. The molecule has 3 nitrogen and oxygen atoms in total. The van der Waals surface area contributed by atoms with Crippen molar-refractivity contribution in [3.63, 3.8) is 0 Å². The van der Waals surface area contributed by atoms with Gasteiger partial charge in [-0.25, -0.2) is 0 Å². The van der Waals surface area contributed by atoms with Crippen LogP contribution < -0.4 is 0 Å². The summed E-state index contributed by atoms with van der Waals surface area (Å²) in [5.74, 6) is -0.259. The summed E-state index contributed by atoms with van der Waals surface area (Å²) in [4.78, 5) is 12.2. The molecule has 0 aliphatic carbocycles. The van der Waals surface area contributed by atoms with Gasteiger partial charge in [-0.3, -0.25) is 4.79 Å². The van der Waals surface area contributed by atoms with Gasteiger partial charge in [0.2, 0.25) is 0 Å². The van der Waals surface area contributed by atoms with E-state index >= 15 is 0 Å². The molecule has 1 heterocycles. The van der Waals surface area contributed by atoms with Crippen molar-refractivity contribution in [2.45, 2.75) is 64.4 Å². The smallest absolute Gasteiger partial charge is 0.311 e. The van der Waals surface area contributed by atoms with Crippen LogP contribution in [0.5, 0.6) is 0 Å². The molecule has 0 bridgehead atoms. The summed E-state index contributed by atoms with van der Waals surface area (Å²) in [6.07, 6.45) is 7.58. The molecule has 1 aliphatic heterocycles. The Morgan fingerprint density at radius 2 is 2.00 bits per heavy atom. The Morgan fingerprint density at radius 1 is 1.22 bits per heavy atom. The number of aryl methyl sites for hydroxylation is 1. The summed E-state index contributed by atoms with van der Waals surface area (Å²) < 4.78 is 5.22. The van der Waals surface area contributed by atoms with Crippen LogP contribution in [0.25, 0.3) is 0 Å². The van der Waals surface area contributed by atoms with E-state index in [9.17, 15) is 9.90 Å². The molecule has 3 heteroatoms. The fraction of sp³-hybridized carbons (Fsp3) is 0.650. The van der Waals surface area contributed by atoms with Crippen LogP contribution in [0, 0.1) is 11.8 Å². The number of hydrogen-bond donors (Lipinski definition) is 1. The SMILES string of the molecule is CCCCCC[C@H]1CCOC(=O)[C@@H]1C(O)CCc1ccccc1. The van der Waals surface area contributed by atoms with Gasteiger partial charge in [0.25, 0.3) is 0 Å². The molecule has 0 amide bonds. The lowest BCUT2D eigenvalue weighted by atomic mass is 9.79. The second kappa shape index (κ2) is 9.71. The molecule has 0 aromatic heterocycles. The third-order valence-electron chi connectivity index (χ3n) is 4.93. The van der Waals surface area contributed by atoms with E-state index in [4.69, 9.17) is 4.74 Å². The third kappa shape index (κ3) is 5.65. The molecule has 1 aliphatic rings. The number of esters is 1. The van der Waals surface area contributed by atoms with Crippen molar-refractivity contribution in [2.24, 2.45) is 11.8 Å². The van der Waals surface area contributed by atoms with Crippen LogP contribution in [-0.4, -0.2) is 23.8 Å². The number of aliphatic hydroxyl groups is 1. The van der Waals surface area contributed by atoms with Crippen molar-refractivity contribution in [3.05, 3.63) is 35.9 Å².